The van der Waals surface area contributed by atoms with Gasteiger partial charge in [0.15, 0.2) is 5.82 Å². The molecule has 0 saturated carbocycles. The van der Waals surface area contributed by atoms with Crippen LogP contribution < -0.4 is 15.9 Å². The Morgan fingerprint density at radius 2 is 1.93 bits per heavy atom. The van der Waals surface area contributed by atoms with E-state index in [0.29, 0.717) is 16.7 Å². The molecule has 0 aliphatic carbocycles. The van der Waals surface area contributed by atoms with E-state index in [1.807, 2.05) is 54.8 Å². The lowest BCUT2D eigenvalue weighted by molar-refractivity contribution is -0.113. The molecule has 1 heterocycles. The number of aromatic nitrogens is 3. The van der Waals surface area contributed by atoms with Crippen molar-refractivity contribution in [3.05, 3.63) is 48.5 Å². The van der Waals surface area contributed by atoms with Gasteiger partial charge in [-0.05, 0) is 30.5 Å². The zero-order valence-corrected chi connectivity index (χ0v) is 16.5. The third-order valence-electron chi connectivity index (χ3n) is 3.73. The van der Waals surface area contributed by atoms with Crippen molar-refractivity contribution in [2.75, 3.05) is 30.3 Å². The minimum atomic E-state index is -0.136. The number of rotatable bonds is 7. The zero-order valence-electron chi connectivity index (χ0n) is 14.9. The molecule has 27 heavy (non-hydrogen) atoms. The van der Waals surface area contributed by atoms with Crippen molar-refractivity contribution in [1.29, 1.82) is 0 Å². The summed E-state index contributed by atoms with van der Waals surface area (Å²) in [6, 6.07) is 15.1. The number of nitrogens with one attached hydrogen (secondary N) is 1. The third kappa shape index (κ3) is 4.37. The van der Waals surface area contributed by atoms with Gasteiger partial charge in [0.2, 0.25) is 11.1 Å². The minimum Gasteiger partial charge on any atom is -0.496 e. The summed E-state index contributed by atoms with van der Waals surface area (Å²) in [5, 5.41) is 11.6. The van der Waals surface area contributed by atoms with E-state index in [1.165, 1.54) is 16.4 Å². The Morgan fingerprint density at radius 3 is 2.70 bits per heavy atom. The maximum absolute atomic E-state index is 12.3. The van der Waals surface area contributed by atoms with Gasteiger partial charge in [0.05, 0.1) is 24.1 Å². The van der Waals surface area contributed by atoms with Crippen molar-refractivity contribution in [2.45, 2.75) is 10.1 Å². The number of hydrogen-bond donors (Lipinski definition) is 2. The van der Waals surface area contributed by atoms with Crippen LogP contribution >= 0.6 is 23.5 Å². The second kappa shape index (κ2) is 8.83. The molecule has 3 N–H and O–H groups in total. The molecule has 140 valence electrons. The standard InChI is InChI=1S/C18H19N5O2S2/c1-25-14-9-5-3-7-12(14)17-21-22-18(23(17)19)27-11-16(24)20-13-8-4-6-10-15(13)26-2/h3-10H,11,19H2,1-2H3,(H,20,24). The molecule has 0 aliphatic heterocycles. The first-order valence-corrected chi connectivity index (χ1v) is 10.2. The van der Waals surface area contributed by atoms with Crippen molar-refractivity contribution in [2.24, 2.45) is 0 Å². The van der Waals surface area contributed by atoms with E-state index in [2.05, 4.69) is 15.5 Å². The number of nitrogen functional groups attached to an aromatic ring is 1. The second-order valence-electron chi connectivity index (χ2n) is 5.41. The summed E-state index contributed by atoms with van der Waals surface area (Å²) in [5.74, 6) is 7.29. The summed E-state index contributed by atoms with van der Waals surface area (Å²) in [7, 11) is 1.59. The van der Waals surface area contributed by atoms with Crippen LogP contribution in [0.5, 0.6) is 5.75 Å². The molecule has 1 amide bonds. The fraction of sp³-hybridized carbons (Fsp3) is 0.167. The fourth-order valence-corrected chi connectivity index (χ4v) is 3.66. The van der Waals surface area contributed by atoms with Gasteiger partial charge in [0.1, 0.15) is 5.75 Å². The number of hydrogen-bond acceptors (Lipinski definition) is 7. The van der Waals surface area contributed by atoms with Crippen LogP contribution in [-0.4, -0.2) is 39.9 Å². The summed E-state index contributed by atoms with van der Waals surface area (Å²) >= 11 is 2.80. The minimum absolute atomic E-state index is 0.136. The summed E-state index contributed by atoms with van der Waals surface area (Å²) < 4.78 is 6.71. The van der Waals surface area contributed by atoms with Crippen molar-refractivity contribution in [3.63, 3.8) is 0 Å². The van der Waals surface area contributed by atoms with E-state index >= 15 is 0 Å². The van der Waals surface area contributed by atoms with Gasteiger partial charge in [-0.3, -0.25) is 4.79 Å². The maximum atomic E-state index is 12.3. The van der Waals surface area contributed by atoms with E-state index in [9.17, 15) is 4.79 Å². The third-order valence-corrected chi connectivity index (χ3v) is 5.46. The van der Waals surface area contributed by atoms with Gasteiger partial charge < -0.3 is 15.9 Å². The number of ether oxygens (including phenoxy) is 1. The molecular weight excluding hydrogens is 382 g/mol. The Labute approximate surface area is 165 Å². The topological polar surface area (TPSA) is 95.1 Å². The molecule has 0 spiro atoms. The van der Waals surface area contributed by atoms with Crippen LogP contribution in [0.1, 0.15) is 0 Å². The number of methoxy groups -OCH3 is 1. The van der Waals surface area contributed by atoms with Crippen LogP contribution in [0.2, 0.25) is 0 Å². The smallest absolute Gasteiger partial charge is 0.234 e. The summed E-state index contributed by atoms with van der Waals surface area (Å²) in [5.41, 5.74) is 1.53. The number of para-hydroxylation sites is 2. The molecule has 0 bridgehead atoms. The van der Waals surface area contributed by atoms with Crippen molar-refractivity contribution in [3.8, 4) is 17.1 Å². The lowest BCUT2D eigenvalue weighted by Gasteiger charge is -2.09. The molecule has 0 radical (unpaired) electrons. The van der Waals surface area contributed by atoms with E-state index < -0.39 is 0 Å². The molecule has 0 saturated heterocycles. The van der Waals surface area contributed by atoms with Crippen molar-refractivity contribution in [1.82, 2.24) is 14.9 Å². The molecular formula is C18H19N5O2S2. The van der Waals surface area contributed by atoms with Gasteiger partial charge in [0.25, 0.3) is 0 Å². The van der Waals surface area contributed by atoms with Gasteiger partial charge in [-0.15, -0.1) is 22.0 Å². The SMILES string of the molecule is COc1ccccc1-c1nnc(SCC(=O)Nc2ccccc2SC)n1N. The zero-order chi connectivity index (χ0) is 19.2. The normalized spacial score (nSPS) is 10.6. The number of nitrogens with two attached hydrogens (primary N) is 1. The molecule has 0 atom stereocenters. The Kier molecular flexibility index (Phi) is 6.25. The molecule has 9 heteroatoms. The van der Waals surface area contributed by atoms with Crippen LogP contribution in [0, 0.1) is 0 Å². The van der Waals surface area contributed by atoms with Crippen LogP contribution in [0.3, 0.4) is 0 Å². The average molecular weight is 402 g/mol. The van der Waals surface area contributed by atoms with E-state index in [1.54, 1.807) is 18.9 Å². The Hall–Kier alpha value is -2.65. The largest absolute Gasteiger partial charge is 0.496 e. The van der Waals surface area contributed by atoms with Crippen molar-refractivity contribution < 1.29 is 9.53 Å². The number of thioether (sulfide) groups is 2. The molecule has 3 rings (SSSR count). The van der Waals surface area contributed by atoms with Gasteiger partial charge in [-0.1, -0.05) is 36.0 Å². The van der Waals surface area contributed by atoms with Crippen molar-refractivity contribution >= 4 is 35.1 Å². The number of amides is 1. The van der Waals surface area contributed by atoms with Crippen LogP contribution in [-0.2, 0) is 4.79 Å². The molecule has 0 aliphatic rings. The Bertz CT molecular complexity index is 945. The van der Waals surface area contributed by atoms with E-state index in [-0.39, 0.29) is 11.7 Å². The van der Waals surface area contributed by atoms with Gasteiger partial charge in [0, 0.05) is 4.90 Å². The van der Waals surface area contributed by atoms with E-state index in [0.717, 1.165) is 16.1 Å². The number of benzene rings is 2. The monoisotopic (exact) mass is 401 g/mol. The van der Waals surface area contributed by atoms with Gasteiger partial charge in [-0.2, -0.15) is 0 Å². The summed E-state index contributed by atoms with van der Waals surface area (Å²) in [6.07, 6.45) is 1.97. The quantitative estimate of drug-likeness (QED) is 0.464. The highest BCUT2D eigenvalue weighted by molar-refractivity contribution is 7.99. The van der Waals surface area contributed by atoms with Crippen LogP contribution in [0.25, 0.3) is 11.4 Å². The molecule has 3 aromatic rings. The number of anilines is 1. The van der Waals surface area contributed by atoms with Gasteiger partial charge >= 0.3 is 0 Å². The van der Waals surface area contributed by atoms with Gasteiger partial charge in [-0.25, -0.2) is 4.68 Å². The molecule has 0 fully saturated rings. The highest BCUT2D eigenvalue weighted by Crippen LogP contribution is 2.29. The fourth-order valence-electron chi connectivity index (χ4n) is 2.45. The predicted octanol–water partition coefficient (Wildman–Crippen LogP) is 3.12. The first-order chi connectivity index (χ1) is 13.1. The average Bonchev–Trinajstić information content (AvgIpc) is 3.07. The van der Waals surface area contributed by atoms with E-state index in [4.69, 9.17) is 10.6 Å². The Balaban J connectivity index is 1.69. The number of carbonyl (C=O) groups excluding carboxylic acids is 1. The predicted molar refractivity (Wildman–Crippen MR) is 110 cm³/mol. The summed E-state index contributed by atoms with van der Waals surface area (Å²) in [4.78, 5) is 13.3. The number of carbonyl (C=O) groups is 1. The molecule has 2 aromatic carbocycles. The Morgan fingerprint density at radius 1 is 1.19 bits per heavy atom. The lowest BCUT2D eigenvalue weighted by Crippen LogP contribution is -2.16. The van der Waals surface area contributed by atoms with Crippen LogP contribution in [0.4, 0.5) is 5.69 Å². The first-order valence-electron chi connectivity index (χ1n) is 8.03. The lowest BCUT2D eigenvalue weighted by atomic mass is 10.2. The molecule has 1 aromatic heterocycles. The van der Waals surface area contributed by atoms with Crippen LogP contribution in [0.15, 0.2) is 58.6 Å². The second-order valence-corrected chi connectivity index (χ2v) is 7.20. The highest BCUT2D eigenvalue weighted by Gasteiger charge is 2.17. The molecule has 7 nitrogen and oxygen atoms in total. The first kappa shape index (κ1) is 19.1. The molecule has 0 unspecified atom stereocenters. The maximum Gasteiger partial charge on any atom is 0.234 e. The summed E-state index contributed by atoms with van der Waals surface area (Å²) in [6.45, 7) is 0. The highest BCUT2D eigenvalue weighted by atomic mass is 32.2. The number of nitrogens with zero attached hydrogens (tertiary/aromatic N) is 3.